The number of thiophene rings is 1. The van der Waals surface area contributed by atoms with E-state index in [0.717, 1.165) is 5.56 Å². The Morgan fingerprint density at radius 1 is 1.35 bits per heavy atom. The molecule has 104 valence electrons. The minimum atomic E-state index is -0.583. The third kappa shape index (κ3) is 3.16. The number of carbonyl (C=O) groups excluding carboxylic acids is 2. The summed E-state index contributed by atoms with van der Waals surface area (Å²) in [5.41, 5.74) is 7.00. The molecule has 6 heteroatoms. The Morgan fingerprint density at radius 2 is 2.10 bits per heavy atom. The van der Waals surface area contributed by atoms with Crippen LogP contribution >= 0.6 is 11.3 Å². The van der Waals surface area contributed by atoms with Gasteiger partial charge in [0.15, 0.2) is 0 Å². The van der Waals surface area contributed by atoms with Gasteiger partial charge in [0, 0.05) is 5.56 Å². The van der Waals surface area contributed by atoms with E-state index in [1.807, 2.05) is 6.92 Å². The fourth-order valence-electron chi connectivity index (χ4n) is 1.80. The number of nitrogens with one attached hydrogen (secondary N) is 1. The second kappa shape index (κ2) is 5.75. The minimum Gasteiger partial charge on any atom is -0.508 e. The van der Waals surface area contributed by atoms with Gasteiger partial charge in [-0.2, -0.15) is 0 Å². The summed E-state index contributed by atoms with van der Waals surface area (Å²) in [6.45, 7) is 1.88. The number of hydrogen-bond acceptors (Lipinski definition) is 4. The van der Waals surface area contributed by atoms with Gasteiger partial charge in [-0.1, -0.05) is 17.7 Å². The summed E-state index contributed by atoms with van der Waals surface area (Å²) in [6, 6.07) is 6.63. The highest BCUT2D eigenvalue weighted by Gasteiger charge is 2.14. The van der Waals surface area contributed by atoms with E-state index >= 15 is 0 Å². The van der Waals surface area contributed by atoms with Gasteiger partial charge < -0.3 is 16.2 Å². The molecular formula is C14H14N2O3S. The molecule has 0 aliphatic heterocycles. The average molecular weight is 290 g/mol. The quantitative estimate of drug-likeness (QED) is 0.804. The van der Waals surface area contributed by atoms with Crippen LogP contribution in [-0.4, -0.2) is 16.9 Å². The number of anilines is 1. The van der Waals surface area contributed by atoms with Crippen molar-refractivity contribution >= 4 is 28.2 Å². The summed E-state index contributed by atoms with van der Waals surface area (Å²) in [7, 11) is 0. The molecule has 0 aliphatic rings. The molecule has 1 aromatic carbocycles. The maximum atomic E-state index is 12.0. The summed E-state index contributed by atoms with van der Waals surface area (Å²) in [4.78, 5) is 23.1. The van der Waals surface area contributed by atoms with Crippen LogP contribution in [0.2, 0.25) is 0 Å². The Hall–Kier alpha value is -2.34. The lowest BCUT2D eigenvalue weighted by atomic mass is 10.1. The standard InChI is InChI=1S/C14H14N2O3S/c1-8-2-3-11(17)9(6-8)7-12(18)16-14-10(13(15)19)4-5-20-14/h2-6,17H,7H2,1H3,(H2,15,19)(H,16,18). The number of benzene rings is 1. The van der Waals surface area contributed by atoms with E-state index in [1.165, 1.54) is 11.3 Å². The highest BCUT2D eigenvalue weighted by molar-refractivity contribution is 7.14. The van der Waals surface area contributed by atoms with Gasteiger partial charge in [-0.3, -0.25) is 9.59 Å². The second-order valence-corrected chi connectivity index (χ2v) is 5.30. The maximum Gasteiger partial charge on any atom is 0.251 e. The van der Waals surface area contributed by atoms with Crippen molar-refractivity contribution in [1.29, 1.82) is 0 Å². The molecule has 2 amide bonds. The number of phenolic OH excluding ortho intramolecular Hbond substituents is 1. The molecule has 1 aromatic heterocycles. The number of carbonyl (C=O) groups is 2. The van der Waals surface area contributed by atoms with Crippen LogP contribution in [-0.2, 0) is 11.2 Å². The predicted molar refractivity (Wildman–Crippen MR) is 78.0 cm³/mol. The van der Waals surface area contributed by atoms with Crippen molar-refractivity contribution in [1.82, 2.24) is 0 Å². The topological polar surface area (TPSA) is 92.4 Å². The van der Waals surface area contributed by atoms with Crippen molar-refractivity contribution in [3.8, 4) is 5.75 Å². The summed E-state index contributed by atoms with van der Waals surface area (Å²) >= 11 is 1.23. The third-order valence-electron chi connectivity index (χ3n) is 2.77. The van der Waals surface area contributed by atoms with Gasteiger partial charge in [0.05, 0.1) is 12.0 Å². The number of aryl methyl sites for hydroxylation is 1. The molecule has 0 saturated carbocycles. The Kier molecular flexibility index (Phi) is 4.05. The zero-order valence-corrected chi connectivity index (χ0v) is 11.7. The highest BCUT2D eigenvalue weighted by atomic mass is 32.1. The maximum absolute atomic E-state index is 12.0. The SMILES string of the molecule is Cc1ccc(O)c(CC(=O)Nc2sccc2C(N)=O)c1. The summed E-state index contributed by atoms with van der Waals surface area (Å²) in [6.07, 6.45) is 0.0314. The molecular weight excluding hydrogens is 276 g/mol. The highest BCUT2D eigenvalue weighted by Crippen LogP contribution is 2.24. The Labute approximate surface area is 120 Å². The number of amides is 2. The van der Waals surface area contributed by atoms with E-state index in [2.05, 4.69) is 5.32 Å². The third-order valence-corrected chi connectivity index (χ3v) is 3.60. The van der Waals surface area contributed by atoms with Crippen molar-refractivity contribution in [3.05, 3.63) is 46.3 Å². The van der Waals surface area contributed by atoms with Crippen LogP contribution in [0.4, 0.5) is 5.00 Å². The number of aromatic hydroxyl groups is 1. The fraction of sp³-hybridized carbons (Fsp3) is 0.143. The molecule has 5 nitrogen and oxygen atoms in total. The average Bonchev–Trinajstić information content (AvgIpc) is 2.82. The number of rotatable bonds is 4. The monoisotopic (exact) mass is 290 g/mol. The van der Waals surface area contributed by atoms with Gasteiger partial charge in [-0.25, -0.2) is 0 Å². The number of nitrogens with two attached hydrogens (primary N) is 1. The number of hydrogen-bond donors (Lipinski definition) is 3. The molecule has 0 bridgehead atoms. The first-order valence-corrected chi connectivity index (χ1v) is 6.81. The number of primary amides is 1. The predicted octanol–water partition coefficient (Wildman–Crippen LogP) is 2.04. The lowest BCUT2D eigenvalue weighted by Crippen LogP contribution is -2.18. The van der Waals surface area contributed by atoms with Gasteiger partial charge in [0.25, 0.3) is 5.91 Å². The zero-order chi connectivity index (χ0) is 14.7. The molecule has 0 fully saturated rings. The minimum absolute atomic E-state index is 0.0314. The van der Waals surface area contributed by atoms with Gasteiger partial charge in [0.2, 0.25) is 5.91 Å². The number of phenols is 1. The normalized spacial score (nSPS) is 10.2. The molecule has 2 rings (SSSR count). The van der Waals surface area contributed by atoms with Crippen LogP contribution in [0.1, 0.15) is 21.5 Å². The molecule has 0 saturated heterocycles. The molecule has 0 unspecified atom stereocenters. The van der Waals surface area contributed by atoms with E-state index in [9.17, 15) is 14.7 Å². The van der Waals surface area contributed by atoms with Gasteiger partial charge >= 0.3 is 0 Å². The molecule has 0 radical (unpaired) electrons. The fourth-order valence-corrected chi connectivity index (χ4v) is 2.61. The van der Waals surface area contributed by atoms with Crippen molar-refractivity contribution in [3.63, 3.8) is 0 Å². The molecule has 0 atom stereocenters. The van der Waals surface area contributed by atoms with Crippen LogP contribution < -0.4 is 11.1 Å². The van der Waals surface area contributed by atoms with Crippen LogP contribution in [0.25, 0.3) is 0 Å². The first-order valence-electron chi connectivity index (χ1n) is 5.93. The van der Waals surface area contributed by atoms with E-state index in [4.69, 9.17) is 5.73 Å². The van der Waals surface area contributed by atoms with E-state index in [1.54, 1.807) is 29.6 Å². The first-order chi connectivity index (χ1) is 9.47. The van der Waals surface area contributed by atoms with Crippen molar-refractivity contribution in [2.24, 2.45) is 5.73 Å². The first kappa shape index (κ1) is 14.1. The van der Waals surface area contributed by atoms with Crippen LogP contribution in [0.15, 0.2) is 29.6 Å². The summed E-state index contributed by atoms with van der Waals surface area (Å²) in [5, 5.41) is 14.4. The molecule has 20 heavy (non-hydrogen) atoms. The molecule has 0 spiro atoms. The van der Waals surface area contributed by atoms with Crippen molar-refractivity contribution in [2.75, 3.05) is 5.32 Å². The van der Waals surface area contributed by atoms with Crippen LogP contribution in [0.3, 0.4) is 0 Å². The molecule has 2 aromatic rings. The van der Waals surface area contributed by atoms with E-state index < -0.39 is 5.91 Å². The lowest BCUT2D eigenvalue weighted by Gasteiger charge is -2.07. The van der Waals surface area contributed by atoms with Crippen molar-refractivity contribution < 1.29 is 14.7 Å². The zero-order valence-electron chi connectivity index (χ0n) is 10.8. The largest absolute Gasteiger partial charge is 0.508 e. The Bertz CT molecular complexity index is 664. The molecule has 1 heterocycles. The van der Waals surface area contributed by atoms with Gasteiger partial charge in [-0.15, -0.1) is 11.3 Å². The lowest BCUT2D eigenvalue weighted by molar-refractivity contribution is -0.115. The van der Waals surface area contributed by atoms with Crippen LogP contribution in [0.5, 0.6) is 5.75 Å². The summed E-state index contributed by atoms with van der Waals surface area (Å²) in [5.74, 6) is -0.817. The smallest absolute Gasteiger partial charge is 0.251 e. The summed E-state index contributed by atoms with van der Waals surface area (Å²) < 4.78 is 0. The second-order valence-electron chi connectivity index (χ2n) is 4.38. The Balaban J connectivity index is 2.11. The van der Waals surface area contributed by atoms with E-state index in [-0.39, 0.29) is 23.6 Å². The van der Waals surface area contributed by atoms with E-state index in [0.29, 0.717) is 10.6 Å². The van der Waals surface area contributed by atoms with Crippen molar-refractivity contribution in [2.45, 2.75) is 13.3 Å². The van der Waals surface area contributed by atoms with Gasteiger partial charge in [0.1, 0.15) is 10.8 Å². The molecule has 4 N–H and O–H groups in total. The molecule has 0 aliphatic carbocycles. The Morgan fingerprint density at radius 3 is 2.80 bits per heavy atom. The van der Waals surface area contributed by atoms with Crippen LogP contribution in [0, 0.1) is 6.92 Å². The van der Waals surface area contributed by atoms with Gasteiger partial charge in [-0.05, 0) is 24.4 Å².